The van der Waals surface area contributed by atoms with E-state index in [9.17, 15) is 9.59 Å². The van der Waals surface area contributed by atoms with Gasteiger partial charge in [-0.05, 0) is 55.3 Å². The summed E-state index contributed by atoms with van der Waals surface area (Å²) in [5.41, 5.74) is 3.37. The number of para-hydroxylation sites is 1. The minimum absolute atomic E-state index is 0.158. The Labute approximate surface area is 179 Å². The Morgan fingerprint density at radius 2 is 1.74 bits per heavy atom. The second-order valence-electron chi connectivity index (χ2n) is 7.10. The number of benzene rings is 3. The third kappa shape index (κ3) is 4.61. The van der Waals surface area contributed by atoms with Crippen molar-refractivity contribution in [1.29, 1.82) is 0 Å². The van der Waals surface area contributed by atoms with Crippen LogP contribution in [0, 0.1) is 13.8 Å². The fraction of sp³-hybridized carbons (Fsp3) is 0.167. The van der Waals surface area contributed by atoms with Gasteiger partial charge in [0.1, 0.15) is 5.75 Å². The van der Waals surface area contributed by atoms with Crippen molar-refractivity contribution in [3.63, 3.8) is 0 Å². The van der Waals surface area contributed by atoms with Crippen LogP contribution >= 0.6 is 0 Å². The predicted molar refractivity (Wildman–Crippen MR) is 117 cm³/mol. The Balaban J connectivity index is 1.42. The fourth-order valence-corrected chi connectivity index (χ4v) is 3.17. The van der Waals surface area contributed by atoms with Crippen LogP contribution in [0.25, 0.3) is 0 Å². The number of amides is 2. The fourth-order valence-electron chi connectivity index (χ4n) is 3.17. The second kappa shape index (κ2) is 8.79. The number of nitrogens with one attached hydrogen (secondary N) is 2. The number of carbonyl (C=O) groups excluding carboxylic acids is 2. The molecule has 0 saturated heterocycles. The molecule has 0 spiro atoms. The Bertz CT molecular complexity index is 1140. The van der Waals surface area contributed by atoms with Crippen molar-refractivity contribution in [2.24, 2.45) is 0 Å². The highest BCUT2D eigenvalue weighted by atomic mass is 16.7. The number of aryl methyl sites for hydroxylation is 1. The molecule has 2 N–H and O–H groups in total. The van der Waals surface area contributed by atoms with Gasteiger partial charge in [-0.3, -0.25) is 9.59 Å². The molecule has 2 amide bonds. The molecule has 0 aliphatic carbocycles. The van der Waals surface area contributed by atoms with Crippen LogP contribution in [0.5, 0.6) is 17.2 Å². The Morgan fingerprint density at radius 1 is 0.935 bits per heavy atom. The zero-order valence-electron chi connectivity index (χ0n) is 17.2. The maximum Gasteiger partial charge on any atom is 0.262 e. The largest absolute Gasteiger partial charge is 0.483 e. The first-order valence-electron chi connectivity index (χ1n) is 9.80. The van der Waals surface area contributed by atoms with Gasteiger partial charge in [-0.15, -0.1) is 0 Å². The van der Waals surface area contributed by atoms with Crippen LogP contribution in [0.1, 0.15) is 21.5 Å². The molecule has 0 unspecified atom stereocenters. The zero-order valence-corrected chi connectivity index (χ0v) is 17.2. The summed E-state index contributed by atoms with van der Waals surface area (Å²) in [5.74, 6) is 1.15. The van der Waals surface area contributed by atoms with Gasteiger partial charge in [0.2, 0.25) is 6.79 Å². The standard InChI is InChI=1S/C24H22N2O5/c1-15-6-5-9-20(16(15)2)29-13-23(27)26-19-8-4-3-7-18(19)24(28)25-17-10-11-21-22(12-17)31-14-30-21/h3-12H,13-14H2,1-2H3,(H,25,28)(H,26,27). The summed E-state index contributed by atoms with van der Waals surface area (Å²) < 4.78 is 16.3. The maximum atomic E-state index is 12.8. The van der Waals surface area contributed by atoms with Gasteiger partial charge in [0.15, 0.2) is 18.1 Å². The summed E-state index contributed by atoms with van der Waals surface area (Å²) in [7, 11) is 0. The van der Waals surface area contributed by atoms with Crippen molar-refractivity contribution in [2.75, 3.05) is 24.0 Å². The molecule has 0 aromatic heterocycles. The van der Waals surface area contributed by atoms with Crippen molar-refractivity contribution >= 4 is 23.2 Å². The number of hydrogen-bond donors (Lipinski definition) is 2. The van der Waals surface area contributed by atoms with E-state index in [0.717, 1.165) is 11.1 Å². The van der Waals surface area contributed by atoms with Gasteiger partial charge in [-0.25, -0.2) is 0 Å². The van der Waals surface area contributed by atoms with Gasteiger partial charge >= 0.3 is 0 Å². The third-order valence-corrected chi connectivity index (χ3v) is 4.99. The van der Waals surface area contributed by atoms with E-state index < -0.39 is 0 Å². The van der Waals surface area contributed by atoms with Crippen LogP contribution in [0.15, 0.2) is 60.7 Å². The van der Waals surface area contributed by atoms with Gasteiger partial charge in [-0.1, -0.05) is 24.3 Å². The van der Waals surface area contributed by atoms with E-state index in [1.807, 2.05) is 32.0 Å². The van der Waals surface area contributed by atoms with Crippen molar-refractivity contribution in [3.8, 4) is 17.2 Å². The normalized spacial score (nSPS) is 11.7. The molecular formula is C24H22N2O5. The zero-order chi connectivity index (χ0) is 21.8. The first-order chi connectivity index (χ1) is 15.0. The molecule has 0 saturated carbocycles. The molecular weight excluding hydrogens is 396 g/mol. The number of rotatable bonds is 6. The first-order valence-corrected chi connectivity index (χ1v) is 9.80. The molecule has 1 aliphatic rings. The molecule has 0 bridgehead atoms. The van der Waals surface area contributed by atoms with Gasteiger partial charge in [0.25, 0.3) is 11.8 Å². The highest BCUT2D eigenvalue weighted by Crippen LogP contribution is 2.34. The lowest BCUT2D eigenvalue weighted by molar-refractivity contribution is -0.118. The lowest BCUT2D eigenvalue weighted by Gasteiger charge is -2.13. The smallest absolute Gasteiger partial charge is 0.262 e. The second-order valence-corrected chi connectivity index (χ2v) is 7.10. The van der Waals surface area contributed by atoms with E-state index >= 15 is 0 Å². The number of hydrogen-bond acceptors (Lipinski definition) is 5. The predicted octanol–water partition coefficient (Wildman–Crippen LogP) is 4.30. The summed E-state index contributed by atoms with van der Waals surface area (Å²) >= 11 is 0. The highest BCUT2D eigenvalue weighted by molar-refractivity contribution is 6.10. The monoisotopic (exact) mass is 418 g/mol. The molecule has 0 fully saturated rings. The number of anilines is 2. The quantitative estimate of drug-likeness (QED) is 0.623. The lowest BCUT2D eigenvalue weighted by atomic mass is 10.1. The van der Waals surface area contributed by atoms with Gasteiger partial charge in [0.05, 0.1) is 11.3 Å². The number of fused-ring (bicyclic) bond motifs is 1. The number of ether oxygens (including phenoxy) is 3. The molecule has 1 aliphatic heterocycles. The maximum absolute atomic E-state index is 12.8. The van der Waals surface area contributed by atoms with E-state index in [-0.39, 0.29) is 25.2 Å². The van der Waals surface area contributed by atoms with Crippen LogP contribution in [0.4, 0.5) is 11.4 Å². The minimum atomic E-state index is -0.357. The summed E-state index contributed by atoms with van der Waals surface area (Å²) in [6, 6.07) is 17.6. The third-order valence-electron chi connectivity index (χ3n) is 4.99. The van der Waals surface area contributed by atoms with E-state index in [1.54, 1.807) is 42.5 Å². The molecule has 7 heteroatoms. The van der Waals surface area contributed by atoms with Crippen LogP contribution < -0.4 is 24.8 Å². The minimum Gasteiger partial charge on any atom is -0.483 e. The average molecular weight is 418 g/mol. The van der Waals surface area contributed by atoms with E-state index in [0.29, 0.717) is 34.2 Å². The van der Waals surface area contributed by atoms with Gasteiger partial charge < -0.3 is 24.8 Å². The molecule has 1 heterocycles. The van der Waals surface area contributed by atoms with E-state index in [1.165, 1.54) is 0 Å². The average Bonchev–Trinajstić information content (AvgIpc) is 3.23. The lowest BCUT2D eigenvalue weighted by Crippen LogP contribution is -2.23. The molecule has 31 heavy (non-hydrogen) atoms. The molecule has 3 aromatic rings. The Morgan fingerprint density at radius 3 is 2.61 bits per heavy atom. The Hall–Kier alpha value is -4.00. The molecule has 7 nitrogen and oxygen atoms in total. The summed E-state index contributed by atoms with van der Waals surface area (Å²) in [6.45, 7) is 3.92. The molecule has 0 radical (unpaired) electrons. The van der Waals surface area contributed by atoms with Gasteiger partial charge in [0, 0.05) is 11.8 Å². The number of carbonyl (C=O) groups is 2. The summed E-state index contributed by atoms with van der Waals surface area (Å²) in [6.07, 6.45) is 0. The molecule has 4 rings (SSSR count). The van der Waals surface area contributed by atoms with Crippen molar-refractivity contribution < 1.29 is 23.8 Å². The van der Waals surface area contributed by atoms with Gasteiger partial charge in [-0.2, -0.15) is 0 Å². The molecule has 3 aromatic carbocycles. The van der Waals surface area contributed by atoms with Crippen LogP contribution in [0.2, 0.25) is 0 Å². The summed E-state index contributed by atoms with van der Waals surface area (Å²) in [5, 5.41) is 5.57. The van der Waals surface area contributed by atoms with E-state index in [2.05, 4.69) is 10.6 Å². The molecule has 158 valence electrons. The first kappa shape index (κ1) is 20.3. The Kier molecular flexibility index (Phi) is 5.75. The van der Waals surface area contributed by atoms with Crippen LogP contribution in [-0.2, 0) is 4.79 Å². The van der Waals surface area contributed by atoms with Crippen molar-refractivity contribution in [3.05, 3.63) is 77.4 Å². The topological polar surface area (TPSA) is 85.9 Å². The van der Waals surface area contributed by atoms with Crippen molar-refractivity contribution in [1.82, 2.24) is 0 Å². The van der Waals surface area contributed by atoms with E-state index in [4.69, 9.17) is 14.2 Å². The van der Waals surface area contributed by atoms with Crippen LogP contribution in [0.3, 0.4) is 0 Å². The summed E-state index contributed by atoms with van der Waals surface area (Å²) in [4.78, 5) is 25.3. The molecule has 0 atom stereocenters. The highest BCUT2D eigenvalue weighted by Gasteiger charge is 2.17. The SMILES string of the molecule is Cc1cccc(OCC(=O)Nc2ccccc2C(=O)Nc2ccc3c(c2)OCO3)c1C. The van der Waals surface area contributed by atoms with Crippen LogP contribution in [-0.4, -0.2) is 25.2 Å². The van der Waals surface area contributed by atoms with Crippen molar-refractivity contribution in [2.45, 2.75) is 13.8 Å².